The molecule has 4 nitrogen and oxygen atoms in total. The van der Waals surface area contributed by atoms with Crippen molar-refractivity contribution in [3.8, 4) is 0 Å². The number of hydrogen-bond acceptors (Lipinski definition) is 2. The lowest BCUT2D eigenvalue weighted by molar-refractivity contribution is 0.204. The van der Waals surface area contributed by atoms with E-state index in [2.05, 4.69) is 10.3 Å². The molecule has 1 unspecified atom stereocenters. The van der Waals surface area contributed by atoms with Crippen LogP contribution in [0.5, 0.6) is 0 Å². The van der Waals surface area contributed by atoms with Gasteiger partial charge in [0.2, 0.25) is 0 Å². The number of aromatic nitrogens is 1. The normalized spacial score (nSPS) is 23.4. The Kier molecular flexibility index (Phi) is 1.85. The van der Waals surface area contributed by atoms with Crippen LogP contribution in [-0.2, 0) is 0 Å². The first-order valence-corrected chi connectivity index (χ1v) is 5.37. The number of fused-ring (bicyclic) bond motifs is 3. The minimum atomic E-state index is -0.0558. The summed E-state index contributed by atoms with van der Waals surface area (Å²) in [6, 6.07) is 1.84. The van der Waals surface area contributed by atoms with Gasteiger partial charge in [0.05, 0.1) is 11.1 Å². The molecule has 2 aliphatic rings. The largest absolute Gasteiger partial charge is 0.323 e. The van der Waals surface area contributed by atoms with Crippen LogP contribution in [0, 0.1) is 0 Å². The highest BCUT2D eigenvalue weighted by atomic mass is 35.5. The number of carbonyl (C=O) groups is 1. The standard InChI is InChI=1S/C10H10ClN3O/c11-6-3-4-12-9-8(6)7-2-1-5-14(7)10(15)13-9/h3-4,7H,1-2,5H2,(H,12,13,15). The van der Waals surface area contributed by atoms with Crippen molar-refractivity contribution in [3.63, 3.8) is 0 Å². The molecule has 1 saturated heterocycles. The molecule has 1 aromatic rings. The maximum atomic E-state index is 11.7. The molecule has 0 aromatic carbocycles. The lowest BCUT2D eigenvalue weighted by Gasteiger charge is -2.31. The molecule has 0 aliphatic carbocycles. The molecule has 15 heavy (non-hydrogen) atoms. The second kappa shape index (κ2) is 3.10. The van der Waals surface area contributed by atoms with E-state index in [1.165, 1.54) is 0 Å². The van der Waals surface area contributed by atoms with Crippen molar-refractivity contribution in [2.45, 2.75) is 18.9 Å². The number of hydrogen-bond donors (Lipinski definition) is 1. The summed E-state index contributed by atoms with van der Waals surface area (Å²) in [5.41, 5.74) is 0.969. The fraction of sp³-hybridized carbons (Fsp3) is 0.400. The Balaban J connectivity index is 2.16. The third-order valence-corrected chi connectivity index (χ3v) is 3.34. The van der Waals surface area contributed by atoms with Crippen molar-refractivity contribution in [2.75, 3.05) is 11.9 Å². The smallest absolute Gasteiger partial charge is 0.317 e. The van der Waals surface area contributed by atoms with Gasteiger partial charge in [-0.25, -0.2) is 9.78 Å². The van der Waals surface area contributed by atoms with Gasteiger partial charge in [0, 0.05) is 18.3 Å². The Hall–Kier alpha value is -1.29. The summed E-state index contributed by atoms with van der Waals surface area (Å²) in [6.45, 7) is 0.807. The number of nitrogens with zero attached hydrogens (tertiary/aromatic N) is 2. The summed E-state index contributed by atoms with van der Waals surface area (Å²) < 4.78 is 0. The average Bonchev–Trinajstić information content (AvgIpc) is 2.66. The molecule has 3 rings (SSSR count). The van der Waals surface area contributed by atoms with Gasteiger partial charge >= 0.3 is 6.03 Å². The topological polar surface area (TPSA) is 45.2 Å². The molecule has 0 bridgehead atoms. The lowest BCUT2D eigenvalue weighted by Crippen LogP contribution is -2.39. The molecule has 3 heterocycles. The van der Waals surface area contributed by atoms with Crippen LogP contribution in [0.2, 0.25) is 5.02 Å². The molecule has 0 radical (unpaired) electrons. The molecule has 1 atom stereocenters. The number of halogens is 1. The Bertz CT molecular complexity index is 435. The number of carbonyl (C=O) groups excluding carboxylic acids is 1. The van der Waals surface area contributed by atoms with E-state index in [1.807, 2.05) is 4.90 Å². The van der Waals surface area contributed by atoms with Gasteiger partial charge in [0.15, 0.2) is 0 Å². The van der Waals surface area contributed by atoms with Gasteiger partial charge in [0.1, 0.15) is 5.82 Å². The van der Waals surface area contributed by atoms with Crippen LogP contribution < -0.4 is 5.32 Å². The zero-order valence-electron chi connectivity index (χ0n) is 8.03. The summed E-state index contributed by atoms with van der Waals surface area (Å²) in [5, 5.41) is 3.46. The minimum absolute atomic E-state index is 0.0558. The summed E-state index contributed by atoms with van der Waals surface area (Å²) in [7, 11) is 0. The highest BCUT2D eigenvalue weighted by molar-refractivity contribution is 6.32. The van der Waals surface area contributed by atoms with Crippen LogP contribution in [0.25, 0.3) is 0 Å². The first kappa shape index (κ1) is 8.97. The predicted octanol–water partition coefficient (Wildman–Crippen LogP) is 2.42. The average molecular weight is 224 g/mol. The highest BCUT2D eigenvalue weighted by Crippen LogP contribution is 2.42. The number of anilines is 1. The van der Waals surface area contributed by atoms with E-state index < -0.39 is 0 Å². The van der Waals surface area contributed by atoms with Crippen LogP contribution in [0.3, 0.4) is 0 Å². The quantitative estimate of drug-likeness (QED) is 0.734. The molecule has 5 heteroatoms. The maximum absolute atomic E-state index is 11.7. The molecule has 1 fully saturated rings. The molecule has 2 amide bonds. The van der Waals surface area contributed by atoms with Gasteiger partial charge in [-0.1, -0.05) is 11.6 Å². The van der Waals surface area contributed by atoms with Crippen molar-refractivity contribution in [3.05, 3.63) is 22.8 Å². The Morgan fingerprint density at radius 3 is 3.33 bits per heavy atom. The summed E-state index contributed by atoms with van der Waals surface area (Å²) >= 11 is 6.14. The van der Waals surface area contributed by atoms with Crippen molar-refractivity contribution >= 4 is 23.4 Å². The molecule has 1 aromatic heterocycles. The first-order chi connectivity index (χ1) is 7.27. The Morgan fingerprint density at radius 2 is 2.47 bits per heavy atom. The zero-order valence-corrected chi connectivity index (χ0v) is 8.79. The fourth-order valence-electron chi connectivity index (χ4n) is 2.35. The highest BCUT2D eigenvalue weighted by Gasteiger charge is 2.37. The lowest BCUT2D eigenvalue weighted by atomic mass is 10.0. The number of pyridine rings is 1. The Labute approximate surface area is 92.2 Å². The van der Waals surface area contributed by atoms with Gasteiger partial charge in [0.25, 0.3) is 0 Å². The van der Waals surface area contributed by atoms with Crippen LogP contribution in [0.1, 0.15) is 24.4 Å². The van der Waals surface area contributed by atoms with Gasteiger partial charge < -0.3 is 4.90 Å². The summed E-state index contributed by atoms with van der Waals surface area (Å²) in [5.74, 6) is 0.621. The van der Waals surface area contributed by atoms with E-state index in [0.29, 0.717) is 10.8 Å². The number of nitrogens with one attached hydrogen (secondary N) is 1. The van der Waals surface area contributed by atoms with Crippen LogP contribution >= 0.6 is 11.6 Å². The third-order valence-electron chi connectivity index (χ3n) is 3.01. The van der Waals surface area contributed by atoms with Crippen LogP contribution in [0.15, 0.2) is 12.3 Å². The van der Waals surface area contributed by atoms with Crippen LogP contribution in [0.4, 0.5) is 10.6 Å². The fourth-order valence-corrected chi connectivity index (χ4v) is 2.62. The third kappa shape index (κ3) is 1.21. The van der Waals surface area contributed by atoms with E-state index in [-0.39, 0.29) is 12.1 Å². The molecule has 0 spiro atoms. The SMILES string of the molecule is O=C1Nc2nccc(Cl)c2C2CCCN12. The maximum Gasteiger partial charge on any atom is 0.323 e. The van der Waals surface area contributed by atoms with Crippen LogP contribution in [-0.4, -0.2) is 22.5 Å². The van der Waals surface area contributed by atoms with E-state index in [9.17, 15) is 4.79 Å². The summed E-state index contributed by atoms with van der Waals surface area (Å²) in [4.78, 5) is 17.7. The molecule has 1 N–H and O–H groups in total. The van der Waals surface area contributed by atoms with Gasteiger partial charge in [-0.3, -0.25) is 5.32 Å². The second-order valence-corrected chi connectivity index (χ2v) is 4.24. The monoisotopic (exact) mass is 223 g/mol. The predicted molar refractivity (Wildman–Crippen MR) is 56.9 cm³/mol. The number of rotatable bonds is 0. The molecule has 78 valence electrons. The number of urea groups is 1. The van der Waals surface area contributed by atoms with E-state index >= 15 is 0 Å². The number of amides is 2. The molecular weight excluding hydrogens is 214 g/mol. The Morgan fingerprint density at radius 1 is 1.60 bits per heavy atom. The minimum Gasteiger partial charge on any atom is -0.317 e. The van der Waals surface area contributed by atoms with Crippen molar-refractivity contribution < 1.29 is 4.79 Å². The molecular formula is C10H10ClN3O. The summed E-state index contributed by atoms with van der Waals surface area (Å²) in [6.07, 6.45) is 3.63. The molecule has 0 saturated carbocycles. The van der Waals surface area contributed by atoms with Crippen molar-refractivity contribution in [2.24, 2.45) is 0 Å². The van der Waals surface area contributed by atoms with E-state index in [1.54, 1.807) is 12.3 Å². The van der Waals surface area contributed by atoms with E-state index in [4.69, 9.17) is 11.6 Å². The van der Waals surface area contributed by atoms with Crippen molar-refractivity contribution in [1.29, 1.82) is 0 Å². The zero-order chi connectivity index (χ0) is 10.4. The van der Waals surface area contributed by atoms with E-state index in [0.717, 1.165) is 24.9 Å². The van der Waals surface area contributed by atoms with Gasteiger partial charge in [-0.2, -0.15) is 0 Å². The molecule has 2 aliphatic heterocycles. The van der Waals surface area contributed by atoms with Gasteiger partial charge in [-0.05, 0) is 18.9 Å². The second-order valence-electron chi connectivity index (χ2n) is 3.84. The van der Waals surface area contributed by atoms with Gasteiger partial charge in [-0.15, -0.1) is 0 Å². The van der Waals surface area contributed by atoms with Crippen molar-refractivity contribution in [1.82, 2.24) is 9.88 Å². The first-order valence-electron chi connectivity index (χ1n) is 4.99.